The van der Waals surface area contributed by atoms with Gasteiger partial charge in [0.1, 0.15) is 0 Å². The van der Waals surface area contributed by atoms with Crippen molar-refractivity contribution in [2.24, 2.45) is 4.99 Å². The zero-order valence-corrected chi connectivity index (χ0v) is 8.93. The summed E-state index contributed by atoms with van der Waals surface area (Å²) in [6.07, 6.45) is 9.39. The van der Waals surface area contributed by atoms with Gasteiger partial charge in [-0.3, -0.25) is 4.99 Å². The van der Waals surface area contributed by atoms with Crippen LogP contribution in [0, 0.1) is 0 Å². The Bertz CT molecular complexity index is 383. The molecule has 0 fully saturated rings. The molecule has 0 saturated carbocycles. The van der Waals surface area contributed by atoms with Gasteiger partial charge < -0.3 is 0 Å². The van der Waals surface area contributed by atoms with Crippen LogP contribution in [0.4, 0.5) is 0 Å². The second kappa shape index (κ2) is 6.55. The van der Waals surface area contributed by atoms with Crippen LogP contribution in [0.1, 0.15) is 12.5 Å². The van der Waals surface area contributed by atoms with Gasteiger partial charge in [0.2, 0.25) is 0 Å². The third-order valence-electron chi connectivity index (χ3n) is 1.83. The molecule has 1 rings (SSSR count). The highest BCUT2D eigenvalue weighted by molar-refractivity contribution is 5.80. The fourth-order valence-electron chi connectivity index (χ4n) is 1.05. The van der Waals surface area contributed by atoms with Crippen molar-refractivity contribution in [3.8, 4) is 0 Å². The zero-order chi connectivity index (χ0) is 10.9. The van der Waals surface area contributed by atoms with Crippen LogP contribution in [0.15, 0.2) is 71.9 Å². The molecule has 0 aromatic heterocycles. The molecule has 1 aromatic carbocycles. The molecule has 0 unspecified atom stereocenters. The van der Waals surface area contributed by atoms with Gasteiger partial charge in [-0.2, -0.15) is 0 Å². The lowest BCUT2D eigenvalue weighted by atomic mass is 10.2. The maximum atomic E-state index is 4.32. The Morgan fingerprint density at radius 3 is 2.60 bits per heavy atom. The predicted molar refractivity (Wildman–Crippen MR) is 67.1 cm³/mol. The van der Waals surface area contributed by atoms with Crippen LogP contribution < -0.4 is 0 Å². The van der Waals surface area contributed by atoms with E-state index in [1.165, 1.54) is 0 Å². The molecule has 0 bridgehead atoms. The predicted octanol–water partition coefficient (Wildman–Crippen LogP) is 3.75. The summed E-state index contributed by atoms with van der Waals surface area (Å²) in [5, 5.41) is 0. The topological polar surface area (TPSA) is 12.4 Å². The van der Waals surface area contributed by atoms with E-state index in [-0.39, 0.29) is 0 Å². The van der Waals surface area contributed by atoms with Gasteiger partial charge >= 0.3 is 0 Å². The normalized spacial score (nSPS) is 12.5. The minimum atomic E-state index is 0.858. The van der Waals surface area contributed by atoms with E-state index in [1.54, 1.807) is 6.08 Å². The fraction of sp³-hybridized carbons (Fsp3) is 0.0714. The first-order valence-corrected chi connectivity index (χ1v) is 4.91. The molecule has 1 nitrogen and oxygen atoms in total. The fourth-order valence-corrected chi connectivity index (χ4v) is 1.05. The second-order valence-electron chi connectivity index (χ2n) is 2.99. The Balaban J connectivity index is 2.75. The van der Waals surface area contributed by atoms with E-state index in [1.807, 2.05) is 61.7 Å². The van der Waals surface area contributed by atoms with Crippen molar-refractivity contribution in [2.75, 3.05) is 0 Å². The standard InChI is InChI=1S/C14H15N/c1-3-5-11-14(4-2)15-12-13-9-7-6-8-10-13/h3-12H,2H2,1H3/b5-3-,14-11+,15-12+. The number of benzene rings is 1. The number of nitrogens with zero attached hydrogens (tertiary/aromatic N) is 1. The van der Waals surface area contributed by atoms with Crippen LogP contribution >= 0.6 is 0 Å². The molecule has 0 radical (unpaired) electrons. The van der Waals surface area contributed by atoms with Crippen LogP contribution in [0.25, 0.3) is 0 Å². The summed E-state index contributed by atoms with van der Waals surface area (Å²) in [7, 11) is 0. The van der Waals surface area contributed by atoms with Crippen LogP contribution in [-0.2, 0) is 0 Å². The SMILES string of the molecule is C=CC(=C\C=C/C)/N=C/c1ccccc1. The summed E-state index contributed by atoms with van der Waals surface area (Å²) in [5.74, 6) is 0. The molecule has 0 atom stereocenters. The molecular weight excluding hydrogens is 182 g/mol. The molecule has 0 saturated heterocycles. The van der Waals surface area contributed by atoms with Gasteiger partial charge in [-0.15, -0.1) is 0 Å². The number of aliphatic imine (C=N–C) groups is 1. The molecule has 0 amide bonds. The van der Waals surface area contributed by atoms with Gasteiger partial charge in [-0.1, -0.05) is 49.1 Å². The third-order valence-corrected chi connectivity index (χ3v) is 1.83. The third kappa shape index (κ3) is 4.23. The molecule has 0 aliphatic rings. The van der Waals surface area contributed by atoms with Crippen molar-refractivity contribution < 1.29 is 0 Å². The molecule has 1 heteroatoms. The van der Waals surface area contributed by atoms with Gasteiger partial charge in [-0.25, -0.2) is 0 Å². The summed E-state index contributed by atoms with van der Waals surface area (Å²) in [6.45, 7) is 5.68. The van der Waals surface area contributed by atoms with Gasteiger partial charge in [0.25, 0.3) is 0 Å². The highest BCUT2D eigenvalue weighted by Crippen LogP contribution is 2.00. The van der Waals surface area contributed by atoms with Crippen molar-refractivity contribution >= 4 is 6.21 Å². The van der Waals surface area contributed by atoms with E-state index in [2.05, 4.69) is 11.6 Å². The van der Waals surface area contributed by atoms with Crippen LogP contribution in [-0.4, -0.2) is 6.21 Å². The lowest BCUT2D eigenvalue weighted by Crippen LogP contribution is -1.80. The van der Waals surface area contributed by atoms with Crippen LogP contribution in [0.5, 0.6) is 0 Å². The summed E-state index contributed by atoms with van der Waals surface area (Å²) in [4.78, 5) is 4.32. The summed E-state index contributed by atoms with van der Waals surface area (Å²) in [6, 6.07) is 10.00. The van der Waals surface area contributed by atoms with Crippen LogP contribution in [0.3, 0.4) is 0 Å². The van der Waals surface area contributed by atoms with E-state index in [0.29, 0.717) is 0 Å². The maximum absolute atomic E-state index is 4.32. The first-order valence-electron chi connectivity index (χ1n) is 4.91. The molecule has 76 valence electrons. The quantitative estimate of drug-likeness (QED) is 0.515. The highest BCUT2D eigenvalue weighted by atomic mass is 14.7. The molecule has 0 heterocycles. The van der Waals surface area contributed by atoms with E-state index in [9.17, 15) is 0 Å². The van der Waals surface area contributed by atoms with E-state index in [4.69, 9.17) is 0 Å². The summed E-state index contributed by atoms with van der Waals surface area (Å²) >= 11 is 0. The highest BCUT2D eigenvalue weighted by Gasteiger charge is 1.85. The zero-order valence-electron chi connectivity index (χ0n) is 8.93. The largest absolute Gasteiger partial charge is 0.256 e. The first-order chi connectivity index (χ1) is 7.36. The molecule has 15 heavy (non-hydrogen) atoms. The summed E-state index contributed by atoms with van der Waals surface area (Å²) in [5.41, 5.74) is 1.95. The van der Waals surface area contributed by atoms with Crippen LogP contribution in [0.2, 0.25) is 0 Å². The van der Waals surface area contributed by atoms with Crippen molar-refractivity contribution in [2.45, 2.75) is 6.92 Å². The average Bonchev–Trinajstić information content (AvgIpc) is 2.31. The molecular formula is C14H15N. The van der Waals surface area contributed by atoms with Gasteiger partial charge in [-0.05, 0) is 24.6 Å². The lowest BCUT2D eigenvalue weighted by molar-refractivity contribution is 1.42. The molecule has 0 spiro atoms. The van der Waals surface area contributed by atoms with E-state index < -0.39 is 0 Å². The van der Waals surface area contributed by atoms with Crippen molar-refractivity contribution in [1.29, 1.82) is 0 Å². The number of rotatable bonds is 4. The van der Waals surface area contributed by atoms with E-state index >= 15 is 0 Å². The van der Waals surface area contributed by atoms with E-state index in [0.717, 1.165) is 11.3 Å². The smallest absolute Gasteiger partial charge is 0.0623 e. The second-order valence-corrected chi connectivity index (χ2v) is 2.99. The number of allylic oxidation sites excluding steroid dienone is 4. The number of hydrogen-bond acceptors (Lipinski definition) is 1. The minimum absolute atomic E-state index is 0.858. The Kier molecular flexibility index (Phi) is 4.88. The maximum Gasteiger partial charge on any atom is 0.0623 e. The Morgan fingerprint density at radius 1 is 1.27 bits per heavy atom. The minimum Gasteiger partial charge on any atom is -0.256 e. The molecule has 0 N–H and O–H groups in total. The first kappa shape index (κ1) is 11.2. The van der Waals surface area contributed by atoms with Gasteiger partial charge in [0.15, 0.2) is 0 Å². The summed E-state index contributed by atoms with van der Waals surface area (Å²) < 4.78 is 0. The lowest BCUT2D eigenvalue weighted by Gasteiger charge is -1.92. The Labute approximate surface area is 91.2 Å². The van der Waals surface area contributed by atoms with Crippen molar-refractivity contribution in [3.63, 3.8) is 0 Å². The molecule has 0 aliphatic heterocycles. The van der Waals surface area contributed by atoms with Crippen molar-refractivity contribution in [3.05, 3.63) is 72.5 Å². The average molecular weight is 197 g/mol. The Hall–Kier alpha value is -1.89. The Morgan fingerprint density at radius 2 is 2.00 bits per heavy atom. The number of hydrogen-bond donors (Lipinski definition) is 0. The molecule has 0 aliphatic carbocycles. The van der Waals surface area contributed by atoms with Gasteiger partial charge in [0, 0.05) is 6.21 Å². The monoisotopic (exact) mass is 197 g/mol. The molecule has 1 aromatic rings. The van der Waals surface area contributed by atoms with Crippen molar-refractivity contribution in [1.82, 2.24) is 0 Å². The van der Waals surface area contributed by atoms with Gasteiger partial charge in [0.05, 0.1) is 5.70 Å².